The molecule has 0 radical (unpaired) electrons. The highest BCUT2D eigenvalue weighted by molar-refractivity contribution is 6.30. The lowest BCUT2D eigenvalue weighted by molar-refractivity contribution is -0.133. The van der Waals surface area contributed by atoms with E-state index in [2.05, 4.69) is 5.32 Å². The SMILES string of the molecule is CC1CCCC(C(=O)Nc2ccc(Cl)cc2)=C1C(=O)O. The van der Waals surface area contributed by atoms with Crippen molar-refractivity contribution < 1.29 is 14.7 Å². The Balaban J connectivity index is 2.24. The average molecular weight is 294 g/mol. The Morgan fingerprint density at radius 2 is 1.95 bits per heavy atom. The lowest BCUT2D eigenvalue weighted by Crippen LogP contribution is -2.25. The minimum Gasteiger partial charge on any atom is -0.478 e. The first-order valence-corrected chi connectivity index (χ1v) is 6.90. The van der Waals surface area contributed by atoms with E-state index in [0.717, 1.165) is 12.8 Å². The Morgan fingerprint density at radius 1 is 1.30 bits per heavy atom. The van der Waals surface area contributed by atoms with Gasteiger partial charge in [-0.3, -0.25) is 4.79 Å². The van der Waals surface area contributed by atoms with E-state index < -0.39 is 5.97 Å². The van der Waals surface area contributed by atoms with Crippen molar-refractivity contribution in [3.8, 4) is 0 Å². The van der Waals surface area contributed by atoms with Gasteiger partial charge in [-0.2, -0.15) is 0 Å². The van der Waals surface area contributed by atoms with E-state index in [4.69, 9.17) is 11.6 Å². The number of carbonyl (C=O) groups is 2. The fourth-order valence-corrected chi connectivity index (χ4v) is 2.60. The Morgan fingerprint density at radius 3 is 2.55 bits per heavy atom. The second-order valence-electron chi connectivity index (χ2n) is 4.95. The number of carboxylic acids is 1. The Bertz CT molecular complexity index is 563. The molecule has 0 fully saturated rings. The molecule has 1 aromatic carbocycles. The van der Waals surface area contributed by atoms with Gasteiger partial charge in [0.15, 0.2) is 0 Å². The smallest absolute Gasteiger partial charge is 0.332 e. The van der Waals surface area contributed by atoms with Crippen molar-refractivity contribution in [1.82, 2.24) is 0 Å². The summed E-state index contributed by atoms with van der Waals surface area (Å²) in [6, 6.07) is 6.72. The number of rotatable bonds is 3. The molecule has 0 spiro atoms. The molecule has 0 saturated carbocycles. The maximum absolute atomic E-state index is 12.2. The summed E-state index contributed by atoms with van der Waals surface area (Å²) in [5.74, 6) is -1.43. The van der Waals surface area contributed by atoms with Crippen LogP contribution in [0.1, 0.15) is 26.2 Å². The summed E-state index contributed by atoms with van der Waals surface area (Å²) in [5, 5.41) is 12.6. The molecule has 0 aromatic heterocycles. The molecule has 1 amide bonds. The predicted octanol–water partition coefficient (Wildman–Crippen LogP) is 3.48. The third kappa shape index (κ3) is 3.20. The number of carboxylic acid groups (broad SMARTS) is 1. The molecule has 0 heterocycles. The van der Waals surface area contributed by atoms with Crippen LogP contribution < -0.4 is 5.32 Å². The van der Waals surface area contributed by atoms with Crippen LogP contribution in [-0.4, -0.2) is 17.0 Å². The summed E-state index contributed by atoms with van der Waals surface area (Å²) >= 11 is 5.78. The maximum atomic E-state index is 12.2. The molecule has 0 bridgehead atoms. The van der Waals surface area contributed by atoms with Crippen LogP contribution in [0.5, 0.6) is 0 Å². The number of carbonyl (C=O) groups excluding carboxylic acids is 1. The largest absolute Gasteiger partial charge is 0.478 e. The Hall–Kier alpha value is -1.81. The van der Waals surface area contributed by atoms with Crippen molar-refractivity contribution in [2.75, 3.05) is 5.32 Å². The second kappa shape index (κ2) is 6.09. The normalized spacial score (nSPS) is 18.8. The number of amides is 1. The molecule has 1 atom stereocenters. The van der Waals surface area contributed by atoms with Gasteiger partial charge < -0.3 is 10.4 Å². The van der Waals surface area contributed by atoms with E-state index in [9.17, 15) is 14.7 Å². The Kier molecular flexibility index (Phi) is 4.45. The van der Waals surface area contributed by atoms with Gasteiger partial charge in [0, 0.05) is 21.9 Å². The molecular formula is C15H16ClNO3. The Labute approximate surface area is 122 Å². The highest BCUT2D eigenvalue weighted by Crippen LogP contribution is 2.30. The van der Waals surface area contributed by atoms with E-state index in [-0.39, 0.29) is 17.4 Å². The highest BCUT2D eigenvalue weighted by atomic mass is 35.5. The first-order chi connectivity index (χ1) is 9.49. The van der Waals surface area contributed by atoms with Crippen molar-refractivity contribution in [2.45, 2.75) is 26.2 Å². The zero-order valence-electron chi connectivity index (χ0n) is 11.1. The van der Waals surface area contributed by atoms with E-state index in [0.29, 0.717) is 22.7 Å². The van der Waals surface area contributed by atoms with E-state index in [1.807, 2.05) is 6.92 Å². The third-order valence-electron chi connectivity index (χ3n) is 3.49. The number of anilines is 1. The van der Waals surface area contributed by atoms with Gasteiger partial charge in [0.1, 0.15) is 0 Å². The van der Waals surface area contributed by atoms with E-state index in [1.165, 1.54) is 0 Å². The van der Waals surface area contributed by atoms with E-state index in [1.54, 1.807) is 24.3 Å². The zero-order chi connectivity index (χ0) is 14.7. The molecule has 1 aromatic rings. The summed E-state index contributed by atoms with van der Waals surface area (Å²) in [6.45, 7) is 1.85. The first-order valence-electron chi connectivity index (χ1n) is 6.52. The number of aliphatic carboxylic acids is 1. The van der Waals surface area contributed by atoms with Gasteiger partial charge in [0.05, 0.1) is 0 Å². The van der Waals surface area contributed by atoms with Crippen molar-refractivity contribution in [3.05, 3.63) is 40.4 Å². The summed E-state index contributed by atoms with van der Waals surface area (Å²) in [5.41, 5.74) is 1.23. The number of halogens is 1. The van der Waals surface area contributed by atoms with Gasteiger partial charge in [0.25, 0.3) is 5.91 Å². The number of nitrogens with one attached hydrogen (secondary N) is 1. The monoisotopic (exact) mass is 293 g/mol. The fraction of sp³-hybridized carbons (Fsp3) is 0.333. The molecule has 0 aliphatic heterocycles. The summed E-state index contributed by atoms with van der Waals surface area (Å²) < 4.78 is 0. The fourth-order valence-electron chi connectivity index (χ4n) is 2.48. The topological polar surface area (TPSA) is 66.4 Å². The molecule has 1 unspecified atom stereocenters. The molecule has 20 heavy (non-hydrogen) atoms. The van der Waals surface area contributed by atoms with Gasteiger partial charge in [-0.25, -0.2) is 4.79 Å². The van der Waals surface area contributed by atoms with Crippen molar-refractivity contribution in [2.24, 2.45) is 5.92 Å². The molecule has 1 aliphatic rings. The molecule has 106 valence electrons. The van der Waals surface area contributed by atoms with Crippen LogP contribution in [-0.2, 0) is 9.59 Å². The van der Waals surface area contributed by atoms with Crippen LogP contribution in [0.2, 0.25) is 5.02 Å². The third-order valence-corrected chi connectivity index (χ3v) is 3.74. The van der Waals surface area contributed by atoms with Crippen LogP contribution in [0.25, 0.3) is 0 Å². The standard InChI is InChI=1S/C15H16ClNO3/c1-9-3-2-4-12(13(9)15(19)20)14(18)17-11-7-5-10(16)6-8-11/h5-9H,2-4H2,1H3,(H,17,18)(H,19,20). The van der Waals surface area contributed by atoms with Crippen molar-refractivity contribution >= 4 is 29.2 Å². The molecule has 0 saturated heterocycles. The second-order valence-corrected chi connectivity index (χ2v) is 5.39. The number of benzene rings is 1. The van der Waals surface area contributed by atoms with Gasteiger partial charge in [-0.05, 0) is 49.4 Å². The molecule has 5 heteroatoms. The molecule has 2 N–H and O–H groups in total. The quantitative estimate of drug-likeness (QED) is 0.896. The lowest BCUT2D eigenvalue weighted by atomic mass is 9.83. The molecule has 2 rings (SSSR count). The summed E-state index contributed by atoms with van der Waals surface area (Å²) in [6.07, 6.45) is 2.14. The van der Waals surface area contributed by atoms with Crippen LogP contribution >= 0.6 is 11.6 Å². The molecule has 4 nitrogen and oxygen atoms in total. The van der Waals surface area contributed by atoms with Crippen LogP contribution in [0, 0.1) is 5.92 Å². The van der Waals surface area contributed by atoms with Crippen LogP contribution in [0.15, 0.2) is 35.4 Å². The van der Waals surface area contributed by atoms with Crippen LogP contribution in [0.3, 0.4) is 0 Å². The van der Waals surface area contributed by atoms with Crippen LogP contribution in [0.4, 0.5) is 5.69 Å². The van der Waals surface area contributed by atoms with Gasteiger partial charge in [-0.15, -0.1) is 0 Å². The minimum absolute atomic E-state index is 0.0905. The highest BCUT2D eigenvalue weighted by Gasteiger charge is 2.28. The van der Waals surface area contributed by atoms with Gasteiger partial charge >= 0.3 is 5.97 Å². The summed E-state index contributed by atoms with van der Waals surface area (Å²) in [4.78, 5) is 23.6. The summed E-state index contributed by atoms with van der Waals surface area (Å²) in [7, 11) is 0. The first kappa shape index (κ1) is 14.6. The minimum atomic E-state index is -1.00. The van der Waals surface area contributed by atoms with Crippen molar-refractivity contribution in [3.63, 3.8) is 0 Å². The lowest BCUT2D eigenvalue weighted by Gasteiger charge is -2.22. The zero-order valence-corrected chi connectivity index (χ0v) is 11.9. The van der Waals surface area contributed by atoms with Gasteiger partial charge in [-0.1, -0.05) is 18.5 Å². The molecular weight excluding hydrogens is 278 g/mol. The maximum Gasteiger partial charge on any atom is 0.332 e. The van der Waals surface area contributed by atoms with Gasteiger partial charge in [0.2, 0.25) is 0 Å². The average Bonchev–Trinajstić information content (AvgIpc) is 2.40. The van der Waals surface area contributed by atoms with Crippen molar-refractivity contribution in [1.29, 1.82) is 0 Å². The number of hydrogen-bond acceptors (Lipinski definition) is 2. The number of hydrogen-bond donors (Lipinski definition) is 2. The van der Waals surface area contributed by atoms with E-state index >= 15 is 0 Å². The molecule has 1 aliphatic carbocycles. The predicted molar refractivity (Wildman–Crippen MR) is 77.8 cm³/mol.